The number of aromatic amines is 1. The largest absolute Gasteiger partial charge is 0.497 e. The van der Waals surface area contributed by atoms with E-state index in [2.05, 4.69) is 10.1 Å². The Labute approximate surface area is 145 Å². The zero-order valence-electron chi connectivity index (χ0n) is 14.5. The first-order valence-corrected chi connectivity index (χ1v) is 8.13. The number of nitrogens with one attached hydrogen (secondary N) is 1. The maximum atomic E-state index is 12.9. The summed E-state index contributed by atoms with van der Waals surface area (Å²) in [5, 5.41) is 3.03. The predicted molar refractivity (Wildman–Crippen MR) is 93.9 cm³/mol. The van der Waals surface area contributed by atoms with Crippen LogP contribution >= 0.6 is 0 Å². The van der Waals surface area contributed by atoms with E-state index in [1.807, 2.05) is 6.92 Å². The monoisotopic (exact) mass is 343 g/mol. The maximum absolute atomic E-state index is 12.9. The minimum atomic E-state index is -0.413. The molecule has 0 radical (unpaired) electrons. The zero-order valence-corrected chi connectivity index (χ0v) is 14.5. The molecule has 25 heavy (non-hydrogen) atoms. The van der Waals surface area contributed by atoms with Gasteiger partial charge in [0.1, 0.15) is 5.75 Å². The first-order chi connectivity index (χ1) is 12.0. The highest BCUT2D eigenvalue weighted by atomic mass is 16.5. The van der Waals surface area contributed by atoms with Crippen molar-refractivity contribution >= 4 is 11.7 Å². The molecule has 1 aliphatic carbocycles. The number of methoxy groups -OCH3 is 2. The second kappa shape index (κ2) is 6.96. The molecule has 7 heteroatoms. The average Bonchev–Trinajstić information content (AvgIpc) is 3.37. The van der Waals surface area contributed by atoms with Crippen LogP contribution in [0.25, 0.3) is 5.69 Å². The van der Waals surface area contributed by atoms with Gasteiger partial charge in [-0.1, -0.05) is 0 Å². The molecule has 0 amide bonds. The molecule has 1 fully saturated rings. The fourth-order valence-corrected chi connectivity index (χ4v) is 2.66. The molecule has 1 N–H and O–H groups in total. The number of benzene rings is 1. The second-order valence-corrected chi connectivity index (χ2v) is 6.00. The number of esters is 1. The van der Waals surface area contributed by atoms with Gasteiger partial charge in [-0.05, 0) is 44.0 Å². The Kier molecular flexibility index (Phi) is 4.74. The molecule has 7 nitrogen and oxygen atoms in total. The molecule has 0 bridgehead atoms. The number of hydrogen-bond donors (Lipinski definition) is 1. The molecule has 0 unspecified atom stereocenters. The van der Waals surface area contributed by atoms with E-state index in [1.54, 1.807) is 31.4 Å². The predicted octanol–water partition coefficient (Wildman–Crippen LogP) is 1.86. The lowest BCUT2D eigenvalue weighted by Crippen LogP contribution is -2.20. The van der Waals surface area contributed by atoms with E-state index >= 15 is 0 Å². The van der Waals surface area contributed by atoms with Crippen LogP contribution in [0.1, 0.15) is 31.0 Å². The van der Waals surface area contributed by atoms with E-state index in [0.29, 0.717) is 28.4 Å². The Morgan fingerprint density at radius 1 is 1.28 bits per heavy atom. The number of nitrogens with zero attached hydrogens (tertiary/aromatic N) is 2. The number of rotatable bonds is 6. The summed E-state index contributed by atoms with van der Waals surface area (Å²) in [5.41, 5.74) is 2.02. The van der Waals surface area contributed by atoms with Gasteiger partial charge in [-0.25, -0.2) is 4.68 Å². The van der Waals surface area contributed by atoms with Gasteiger partial charge in [0.25, 0.3) is 5.56 Å². The summed E-state index contributed by atoms with van der Waals surface area (Å²) in [6, 6.07) is 7.38. The Hall–Kier alpha value is -2.83. The molecule has 1 heterocycles. The summed E-state index contributed by atoms with van der Waals surface area (Å²) in [4.78, 5) is 29.2. The molecule has 0 atom stereocenters. The number of hydrogen-bond acceptors (Lipinski definition) is 5. The Morgan fingerprint density at radius 3 is 2.52 bits per heavy atom. The molecule has 3 rings (SSSR count). The summed E-state index contributed by atoms with van der Waals surface area (Å²) in [5.74, 6) is 0.286. The molecule has 1 saturated carbocycles. The lowest BCUT2D eigenvalue weighted by Gasteiger charge is -2.03. The molecule has 1 aromatic carbocycles. The highest BCUT2D eigenvalue weighted by Crippen LogP contribution is 2.24. The van der Waals surface area contributed by atoms with Gasteiger partial charge >= 0.3 is 5.97 Å². The Balaban J connectivity index is 2.06. The van der Waals surface area contributed by atoms with Gasteiger partial charge in [-0.15, -0.1) is 0 Å². The smallest absolute Gasteiger partial charge is 0.311 e. The molecule has 2 aromatic rings. The van der Waals surface area contributed by atoms with Crippen molar-refractivity contribution in [1.82, 2.24) is 9.78 Å². The van der Waals surface area contributed by atoms with Gasteiger partial charge in [0.05, 0.1) is 43.6 Å². The first-order valence-electron chi connectivity index (χ1n) is 8.13. The number of aromatic nitrogens is 2. The van der Waals surface area contributed by atoms with Crippen molar-refractivity contribution in [2.75, 3.05) is 14.2 Å². The highest BCUT2D eigenvalue weighted by Gasteiger charge is 2.24. The van der Waals surface area contributed by atoms with Crippen molar-refractivity contribution in [3.8, 4) is 11.4 Å². The van der Waals surface area contributed by atoms with E-state index < -0.39 is 5.97 Å². The molecule has 132 valence electrons. The highest BCUT2D eigenvalue weighted by molar-refractivity contribution is 6.00. The van der Waals surface area contributed by atoms with E-state index in [4.69, 9.17) is 9.47 Å². The van der Waals surface area contributed by atoms with Gasteiger partial charge in [0.2, 0.25) is 0 Å². The second-order valence-electron chi connectivity index (χ2n) is 6.00. The SMILES string of the molecule is COC(=O)Cc1[nH]n(-c2ccc(OC)cc2)c(=O)c1C(C)=NC1CC1. The molecule has 0 spiro atoms. The van der Waals surface area contributed by atoms with Gasteiger partial charge < -0.3 is 9.47 Å². The average molecular weight is 343 g/mol. The van der Waals surface area contributed by atoms with Crippen LogP contribution < -0.4 is 10.3 Å². The minimum Gasteiger partial charge on any atom is -0.497 e. The van der Waals surface area contributed by atoms with Gasteiger partial charge in [-0.2, -0.15) is 0 Å². The van der Waals surface area contributed by atoms with Crippen molar-refractivity contribution < 1.29 is 14.3 Å². The minimum absolute atomic E-state index is 0.0121. The summed E-state index contributed by atoms with van der Waals surface area (Å²) >= 11 is 0. The fourth-order valence-electron chi connectivity index (χ4n) is 2.66. The summed E-state index contributed by atoms with van der Waals surface area (Å²) in [7, 11) is 2.91. The van der Waals surface area contributed by atoms with Crippen LogP contribution in [0.3, 0.4) is 0 Å². The number of aliphatic imine (C=N–C) groups is 1. The Morgan fingerprint density at radius 2 is 1.96 bits per heavy atom. The molecule has 1 aromatic heterocycles. The number of H-pyrrole nitrogens is 1. The third-order valence-electron chi connectivity index (χ3n) is 4.13. The first kappa shape index (κ1) is 17.0. The molecule has 1 aliphatic rings. The van der Waals surface area contributed by atoms with Crippen LogP contribution in [-0.4, -0.2) is 41.7 Å². The summed E-state index contributed by atoms with van der Waals surface area (Å²) in [6.45, 7) is 1.81. The van der Waals surface area contributed by atoms with Crippen LogP contribution in [0.2, 0.25) is 0 Å². The lowest BCUT2D eigenvalue weighted by atomic mass is 10.1. The van der Waals surface area contributed by atoms with E-state index in [-0.39, 0.29) is 18.0 Å². The molecular weight excluding hydrogens is 322 g/mol. The number of carbonyl (C=O) groups excluding carboxylic acids is 1. The van der Waals surface area contributed by atoms with Gasteiger partial charge in [-0.3, -0.25) is 19.7 Å². The van der Waals surface area contributed by atoms with Gasteiger partial charge in [0.15, 0.2) is 0 Å². The van der Waals surface area contributed by atoms with Crippen molar-refractivity contribution in [1.29, 1.82) is 0 Å². The molecule has 0 aliphatic heterocycles. The van der Waals surface area contributed by atoms with Crippen molar-refractivity contribution in [3.05, 3.63) is 45.9 Å². The number of carbonyl (C=O) groups is 1. The van der Waals surface area contributed by atoms with Crippen molar-refractivity contribution in [3.63, 3.8) is 0 Å². The lowest BCUT2D eigenvalue weighted by molar-refractivity contribution is -0.139. The van der Waals surface area contributed by atoms with Gasteiger partial charge in [0, 0.05) is 5.71 Å². The van der Waals surface area contributed by atoms with Crippen molar-refractivity contribution in [2.24, 2.45) is 4.99 Å². The molecular formula is C18H21N3O4. The molecule has 0 saturated heterocycles. The van der Waals surface area contributed by atoms with Crippen LogP contribution in [0.4, 0.5) is 0 Å². The van der Waals surface area contributed by atoms with Crippen LogP contribution in [0, 0.1) is 0 Å². The normalized spacial score (nSPS) is 14.4. The topological polar surface area (TPSA) is 85.7 Å². The quantitative estimate of drug-likeness (QED) is 0.641. The fraction of sp³-hybridized carbons (Fsp3) is 0.389. The van der Waals surface area contributed by atoms with Crippen LogP contribution in [-0.2, 0) is 16.0 Å². The third-order valence-corrected chi connectivity index (χ3v) is 4.13. The maximum Gasteiger partial charge on any atom is 0.311 e. The Bertz CT molecular complexity index is 857. The van der Waals surface area contributed by atoms with Crippen LogP contribution in [0.5, 0.6) is 5.75 Å². The van der Waals surface area contributed by atoms with Crippen molar-refractivity contribution in [2.45, 2.75) is 32.2 Å². The summed E-state index contributed by atoms with van der Waals surface area (Å²) in [6.07, 6.45) is 2.07. The third kappa shape index (κ3) is 3.65. The van der Waals surface area contributed by atoms with E-state index in [1.165, 1.54) is 11.8 Å². The number of ether oxygens (including phenoxy) is 2. The standard InChI is InChI=1S/C18H21N3O4/c1-11(19-12-4-5-12)17-15(10-16(22)25-3)20-21(18(17)23)13-6-8-14(24-2)9-7-13/h6-9,12,20H,4-5,10H2,1-3H3. The van der Waals surface area contributed by atoms with E-state index in [9.17, 15) is 9.59 Å². The van der Waals surface area contributed by atoms with E-state index in [0.717, 1.165) is 12.8 Å². The zero-order chi connectivity index (χ0) is 18.0. The summed E-state index contributed by atoms with van der Waals surface area (Å²) < 4.78 is 11.3. The van der Waals surface area contributed by atoms with Crippen LogP contribution in [0.15, 0.2) is 34.1 Å².